The van der Waals surface area contributed by atoms with Gasteiger partial charge in [-0.1, -0.05) is 0 Å². The number of nitrogens with zero attached hydrogens (tertiary/aromatic N) is 1. The summed E-state index contributed by atoms with van der Waals surface area (Å²) in [5.41, 5.74) is 2.38. The van der Waals surface area contributed by atoms with Crippen molar-refractivity contribution >= 4 is 5.97 Å². The van der Waals surface area contributed by atoms with Crippen molar-refractivity contribution in [3.63, 3.8) is 0 Å². The highest BCUT2D eigenvalue weighted by atomic mass is 16.5. The number of carboxylic acid groups (broad SMARTS) is 1. The number of fused-ring (bicyclic) bond motifs is 1. The van der Waals surface area contributed by atoms with Crippen molar-refractivity contribution < 1.29 is 14.6 Å². The molecule has 1 aliphatic carbocycles. The van der Waals surface area contributed by atoms with E-state index in [2.05, 4.69) is 0 Å². The minimum absolute atomic E-state index is 0.180. The monoisotopic (exact) mass is 265 g/mol. The molecule has 0 saturated heterocycles. The number of methoxy groups -OCH3 is 1. The van der Waals surface area contributed by atoms with Gasteiger partial charge in [0.25, 0.3) is 5.56 Å². The number of hydrogen-bond donors (Lipinski definition) is 1. The highest BCUT2D eigenvalue weighted by molar-refractivity contribution is 5.70. The first-order chi connectivity index (χ1) is 9.13. The molecule has 1 aliphatic rings. The van der Waals surface area contributed by atoms with Gasteiger partial charge >= 0.3 is 5.97 Å². The first-order valence-corrected chi connectivity index (χ1v) is 6.58. The number of pyridine rings is 1. The Morgan fingerprint density at radius 1 is 1.42 bits per heavy atom. The van der Waals surface area contributed by atoms with Crippen molar-refractivity contribution in [2.45, 2.75) is 38.6 Å². The molecule has 0 radical (unpaired) electrons. The fourth-order valence-corrected chi connectivity index (χ4v) is 2.65. The summed E-state index contributed by atoms with van der Waals surface area (Å²) in [5, 5.41) is 8.89. The lowest BCUT2D eigenvalue weighted by Crippen LogP contribution is -2.31. The van der Waals surface area contributed by atoms with Gasteiger partial charge in [0.05, 0.1) is 13.0 Å². The molecule has 0 aliphatic heterocycles. The summed E-state index contributed by atoms with van der Waals surface area (Å²) in [4.78, 5) is 23.2. The van der Waals surface area contributed by atoms with Crippen molar-refractivity contribution in [2.24, 2.45) is 0 Å². The van der Waals surface area contributed by atoms with Crippen LogP contribution in [0.2, 0.25) is 0 Å². The number of rotatable bonds is 5. The first kappa shape index (κ1) is 13.8. The number of carboxylic acids is 1. The summed E-state index contributed by atoms with van der Waals surface area (Å²) in [6, 6.07) is 1.79. The van der Waals surface area contributed by atoms with E-state index in [0.717, 1.165) is 36.9 Å². The highest BCUT2D eigenvalue weighted by Gasteiger charge is 2.18. The Bertz CT molecular complexity index is 533. The number of carbonyl (C=O) groups is 1. The molecular weight excluding hydrogens is 246 g/mol. The zero-order valence-corrected chi connectivity index (χ0v) is 11.1. The minimum atomic E-state index is -0.967. The first-order valence-electron chi connectivity index (χ1n) is 6.58. The van der Waals surface area contributed by atoms with Gasteiger partial charge in [-0.25, -0.2) is 0 Å². The van der Waals surface area contributed by atoms with Crippen LogP contribution in [0.4, 0.5) is 0 Å². The van der Waals surface area contributed by atoms with Crippen LogP contribution in [0.1, 0.15) is 29.7 Å². The van der Waals surface area contributed by atoms with Crippen molar-refractivity contribution in [1.82, 2.24) is 4.57 Å². The van der Waals surface area contributed by atoms with Gasteiger partial charge in [0.1, 0.15) is 0 Å². The molecule has 0 saturated carbocycles. The summed E-state index contributed by atoms with van der Waals surface area (Å²) >= 11 is 0. The lowest BCUT2D eigenvalue weighted by atomic mass is 9.94. The molecule has 19 heavy (non-hydrogen) atoms. The number of aliphatic carboxylic acids is 1. The summed E-state index contributed by atoms with van der Waals surface area (Å²) in [6.07, 6.45) is 3.79. The maximum absolute atomic E-state index is 12.3. The third kappa shape index (κ3) is 3.04. The fourth-order valence-electron chi connectivity index (χ4n) is 2.65. The second-order valence-electron chi connectivity index (χ2n) is 4.87. The Hall–Kier alpha value is -1.62. The van der Waals surface area contributed by atoms with Crippen molar-refractivity contribution in [1.29, 1.82) is 0 Å². The molecule has 0 atom stereocenters. The molecule has 5 nitrogen and oxygen atoms in total. The third-order valence-corrected chi connectivity index (χ3v) is 3.54. The Kier molecular flexibility index (Phi) is 4.37. The van der Waals surface area contributed by atoms with Gasteiger partial charge in [0.15, 0.2) is 0 Å². The van der Waals surface area contributed by atoms with E-state index >= 15 is 0 Å². The molecule has 0 amide bonds. The third-order valence-electron chi connectivity index (χ3n) is 3.54. The lowest BCUT2D eigenvalue weighted by Gasteiger charge is -2.22. The van der Waals surface area contributed by atoms with Gasteiger partial charge in [-0.2, -0.15) is 0 Å². The molecule has 0 aromatic carbocycles. The fraction of sp³-hybridized carbons (Fsp3) is 0.571. The highest BCUT2D eigenvalue weighted by Crippen LogP contribution is 2.21. The van der Waals surface area contributed by atoms with Gasteiger partial charge in [-0.05, 0) is 37.3 Å². The molecule has 104 valence electrons. The molecule has 0 spiro atoms. The van der Waals surface area contributed by atoms with Gasteiger partial charge in [-0.3, -0.25) is 9.59 Å². The minimum Gasteiger partial charge on any atom is -0.481 e. The van der Waals surface area contributed by atoms with Crippen LogP contribution in [0.5, 0.6) is 0 Å². The van der Waals surface area contributed by atoms with E-state index in [4.69, 9.17) is 9.84 Å². The van der Waals surface area contributed by atoms with E-state index in [1.807, 2.05) is 0 Å². The van der Waals surface area contributed by atoms with E-state index in [-0.39, 0.29) is 12.0 Å². The standard InChI is InChI=1S/C14H19NO4/c1-19-7-6-15-12-5-3-2-4-10(12)8-11(14(15)18)9-13(16)17/h8H,2-7,9H2,1H3,(H,16,17). The van der Waals surface area contributed by atoms with Gasteiger partial charge in [0, 0.05) is 24.9 Å². The average Bonchev–Trinajstić information content (AvgIpc) is 2.38. The SMILES string of the molecule is COCCn1c2c(cc(CC(=O)O)c1=O)CCCC2. The molecule has 5 heteroatoms. The second kappa shape index (κ2) is 6.02. The van der Waals surface area contributed by atoms with E-state index in [1.54, 1.807) is 17.7 Å². The molecule has 1 aromatic rings. The number of hydrogen-bond acceptors (Lipinski definition) is 3. The van der Waals surface area contributed by atoms with Crippen molar-refractivity contribution in [3.05, 3.63) is 33.2 Å². The predicted octanol–water partition coefficient (Wildman–Crippen LogP) is 1.00. The van der Waals surface area contributed by atoms with Crippen molar-refractivity contribution in [3.8, 4) is 0 Å². The van der Waals surface area contributed by atoms with Crippen LogP contribution < -0.4 is 5.56 Å². The quantitative estimate of drug-likeness (QED) is 0.862. The second-order valence-corrected chi connectivity index (χ2v) is 4.87. The molecular formula is C14H19NO4. The topological polar surface area (TPSA) is 68.5 Å². The molecule has 0 bridgehead atoms. The predicted molar refractivity (Wildman–Crippen MR) is 70.6 cm³/mol. The van der Waals surface area contributed by atoms with Crippen LogP contribution in [0.3, 0.4) is 0 Å². The van der Waals surface area contributed by atoms with Crippen molar-refractivity contribution in [2.75, 3.05) is 13.7 Å². The van der Waals surface area contributed by atoms with Crippen LogP contribution >= 0.6 is 0 Å². The van der Waals surface area contributed by atoms with E-state index < -0.39 is 5.97 Å². The lowest BCUT2D eigenvalue weighted by molar-refractivity contribution is -0.136. The van der Waals surface area contributed by atoms with Crippen LogP contribution in [-0.4, -0.2) is 29.4 Å². The number of ether oxygens (including phenoxy) is 1. The Morgan fingerprint density at radius 3 is 2.84 bits per heavy atom. The molecule has 1 N–H and O–H groups in total. The maximum atomic E-state index is 12.3. The molecule has 1 aromatic heterocycles. The summed E-state index contributed by atoms with van der Waals surface area (Å²) in [5.74, 6) is -0.967. The largest absolute Gasteiger partial charge is 0.481 e. The number of aromatic nitrogens is 1. The Morgan fingerprint density at radius 2 is 2.16 bits per heavy atom. The zero-order chi connectivity index (χ0) is 13.8. The van der Waals surface area contributed by atoms with Crippen LogP contribution in [0.25, 0.3) is 0 Å². The van der Waals surface area contributed by atoms with E-state index in [1.165, 1.54) is 0 Å². The van der Waals surface area contributed by atoms with Crippen LogP contribution in [0.15, 0.2) is 10.9 Å². The molecule has 1 heterocycles. The maximum Gasteiger partial charge on any atom is 0.308 e. The van der Waals surface area contributed by atoms with Crippen LogP contribution in [-0.2, 0) is 35.3 Å². The van der Waals surface area contributed by atoms with E-state index in [0.29, 0.717) is 18.7 Å². The van der Waals surface area contributed by atoms with E-state index in [9.17, 15) is 9.59 Å². The van der Waals surface area contributed by atoms with Gasteiger partial charge in [-0.15, -0.1) is 0 Å². The van der Waals surface area contributed by atoms with Gasteiger partial charge in [0.2, 0.25) is 0 Å². The zero-order valence-electron chi connectivity index (χ0n) is 11.1. The van der Waals surface area contributed by atoms with Crippen LogP contribution in [0, 0.1) is 0 Å². The van der Waals surface area contributed by atoms with Gasteiger partial charge < -0.3 is 14.4 Å². The normalized spacial score (nSPS) is 14.2. The summed E-state index contributed by atoms with van der Waals surface area (Å²) in [7, 11) is 1.60. The smallest absolute Gasteiger partial charge is 0.308 e. The number of aryl methyl sites for hydroxylation is 1. The average molecular weight is 265 g/mol. The molecule has 0 fully saturated rings. The molecule has 2 rings (SSSR count). The Balaban J connectivity index is 2.47. The molecule has 0 unspecified atom stereocenters. The summed E-state index contributed by atoms with van der Waals surface area (Å²) < 4.78 is 6.74. The Labute approximate surface area is 111 Å². The summed E-state index contributed by atoms with van der Waals surface area (Å²) in [6.45, 7) is 0.952.